The number of hydrogen-bond acceptors (Lipinski definition) is 4. The molecule has 0 radical (unpaired) electrons. The third-order valence-corrected chi connectivity index (χ3v) is 6.20. The second-order valence-electron chi connectivity index (χ2n) is 10.4. The molecule has 2 heterocycles. The molecule has 2 saturated heterocycles. The largest absolute Gasteiger partial charge is 0.444 e. The van der Waals surface area contributed by atoms with E-state index >= 15 is 0 Å². The highest BCUT2D eigenvalue weighted by atomic mass is 16.6. The van der Waals surface area contributed by atoms with Crippen molar-refractivity contribution in [2.45, 2.75) is 116 Å². The van der Waals surface area contributed by atoms with E-state index in [1.54, 1.807) is 0 Å². The van der Waals surface area contributed by atoms with Gasteiger partial charge in [0.05, 0.1) is 12.1 Å². The van der Waals surface area contributed by atoms with Crippen molar-refractivity contribution in [1.82, 2.24) is 4.90 Å². The quantitative estimate of drug-likeness (QED) is 0.680. The molecule has 0 spiro atoms. The predicted octanol–water partition coefficient (Wildman–Crippen LogP) is 5.12. The number of carbonyl (C=O) groups is 1. The molecule has 0 N–H and O–H groups in total. The molecule has 5 heteroatoms. The fraction of sp³-hybridized carbons (Fsp3) is 0.955. The molecule has 1 amide bonds. The summed E-state index contributed by atoms with van der Waals surface area (Å²) >= 11 is 0. The van der Waals surface area contributed by atoms with Gasteiger partial charge in [-0.05, 0) is 59.3 Å². The van der Waals surface area contributed by atoms with Gasteiger partial charge in [-0.25, -0.2) is 4.79 Å². The highest BCUT2D eigenvalue weighted by Gasteiger charge is 2.54. The summed E-state index contributed by atoms with van der Waals surface area (Å²) in [6, 6.07) is 0.0215. The first-order valence-electron chi connectivity index (χ1n) is 10.9. The SMILES string of the molecule is CC1CO[C@H]([C@@H]2OC(C)(C)N(C(=O)OC(C)(C)C)[C@H]2CC2CCCCC2)C1. The van der Waals surface area contributed by atoms with Gasteiger partial charge in [0.2, 0.25) is 0 Å². The van der Waals surface area contributed by atoms with Crippen LogP contribution in [0.4, 0.5) is 4.79 Å². The highest BCUT2D eigenvalue weighted by molar-refractivity contribution is 5.70. The molecule has 3 rings (SSSR count). The molecule has 1 aliphatic carbocycles. The van der Waals surface area contributed by atoms with E-state index in [0.29, 0.717) is 11.8 Å². The average Bonchev–Trinajstić information content (AvgIpc) is 3.07. The lowest BCUT2D eigenvalue weighted by Crippen LogP contribution is -2.51. The summed E-state index contributed by atoms with van der Waals surface area (Å²) < 4.78 is 18.3. The first-order valence-corrected chi connectivity index (χ1v) is 10.9. The standard InChI is InChI=1S/C22H39NO4/c1-15-12-18(25-14-15)19-17(13-16-10-8-7-9-11-16)23(22(5,6)26-19)20(24)27-21(2,3)4/h15-19H,7-14H2,1-6H3/t15?,17-,18-,19+/m0/s1. The van der Waals surface area contributed by atoms with Crippen LogP contribution in [0, 0.1) is 11.8 Å². The number of ether oxygens (including phenoxy) is 3. The van der Waals surface area contributed by atoms with Crippen molar-refractivity contribution in [3.05, 3.63) is 0 Å². The predicted molar refractivity (Wildman–Crippen MR) is 106 cm³/mol. The number of amides is 1. The minimum absolute atomic E-state index is 0.0215. The second kappa shape index (κ2) is 7.90. The third-order valence-electron chi connectivity index (χ3n) is 6.20. The Labute approximate surface area is 165 Å². The van der Waals surface area contributed by atoms with Crippen LogP contribution in [0.15, 0.2) is 0 Å². The maximum absolute atomic E-state index is 13.1. The van der Waals surface area contributed by atoms with Gasteiger partial charge in [0.25, 0.3) is 0 Å². The molecule has 1 saturated carbocycles. The van der Waals surface area contributed by atoms with Crippen molar-refractivity contribution in [3.8, 4) is 0 Å². The lowest BCUT2D eigenvalue weighted by atomic mass is 9.82. The zero-order chi connectivity index (χ0) is 19.8. The molecule has 3 aliphatic rings. The molecule has 4 atom stereocenters. The Kier molecular flexibility index (Phi) is 6.12. The summed E-state index contributed by atoms with van der Waals surface area (Å²) in [6.45, 7) is 12.8. The van der Waals surface area contributed by atoms with Crippen LogP contribution in [0.2, 0.25) is 0 Å². The Balaban J connectivity index is 1.83. The Morgan fingerprint density at radius 3 is 2.41 bits per heavy atom. The van der Waals surface area contributed by atoms with Crippen LogP contribution in [0.3, 0.4) is 0 Å². The monoisotopic (exact) mass is 381 g/mol. The van der Waals surface area contributed by atoms with Crippen molar-refractivity contribution >= 4 is 6.09 Å². The molecule has 27 heavy (non-hydrogen) atoms. The molecule has 0 bridgehead atoms. The van der Waals surface area contributed by atoms with Crippen molar-refractivity contribution in [3.63, 3.8) is 0 Å². The number of nitrogens with zero attached hydrogens (tertiary/aromatic N) is 1. The van der Waals surface area contributed by atoms with Crippen LogP contribution in [-0.2, 0) is 14.2 Å². The molecular weight excluding hydrogens is 342 g/mol. The first-order chi connectivity index (χ1) is 12.6. The van der Waals surface area contributed by atoms with Crippen LogP contribution >= 0.6 is 0 Å². The van der Waals surface area contributed by atoms with Crippen molar-refractivity contribution in [2.75, 3.05) is 6.61 Å². The van der Waals surface area contributed by atoms with Gasteiger partial charge in [-0.15, -0.1) is 0 Å². The molecule has 0 aromatic heterocycles. The fourth-order valence-corrected chi connectivity index (χ4v) is 5.06. The van der Waals surface area contributed by atoms with Gasteiger partial charge in [0.15, 0.2) is 0 Å². The topological polar surface area (TPSA) is 48.0 Å². The smallest absolute Gasteiger partial charge is 0.412 e. The maximum atomic E-state index is 13.1. The van der Waals surface area contributed by atoms with Gasteiger partial charge in [0.1, 0.15) is 17.4 Å². The van der Waals surface area contributed by atoms with E-state index in [2.05, 4.69) is 6.92 Å². The Bertz CT molecular complexity index is 521. The minimum Gasteiger partial charge on any atom is -0.444 e. The summed E-state index contributed by atoms with van der Waals surface area (Å²) in [5, 5.41) is 0. The number of carbonyl (C=O) groups excluding carboxylic acids is 1. The lowest BCUT2D eigenvalue weighted by molar-refractivity contribution is -0.106. The molecule has 3 fully saturated rings. The van der Waals surface area contributed by atoms with E-state index in [1.165, 1.54) is 32.1 Å². The zero-order valence-electron chi connectivity index (χ0n) is 18.1. The average molecular weight is 382 g/mol. The van der Waals surface area contributed by atoms with Gasteiger partial charge < -0.3 is 14.2 Å². The van der Waals surface area contributed by atoms with Crippen molar-refractivity contribution in [2.24, 2.45) is 11.8 Å². The molecule has 0 aromatic rings. The van der Waals surface area contributed by atoms with Crippen LogP contribution in [0.1, 0.15) is 86.5 Å². The van der Waals surface area contributed by atoms with Gasteiger partial charge in [-0.1, -0.05) is 39.0 Å². The minimum atomic E-state index is -0.679. The molecule has 5 nitrogen and oxygen atoms in total. The van der Waals surface area contributed by atoms with Crippen LogP contribution in [0.5, 0.6) is 0 Å². The summed E-state index contributed by atoms with van der Waals surface area (Å²) in [4.78, 5) is 15.0. The summed E-state index contributed by atoms with van der Waals surface area (Å²) in [5.41, 5.74) is -1.19. The van der Waals surface area contributed by atoms with E-state index in [1.807, 2.05) is 39.5 Å². The third kappa shape index (κ3) is 4.97. The Morgan fingerprint density at radius 2 is 1.85 bits per heavy atom. The summed E-state index contributed by atoms with van der Waals surface area (Å²) in [6.07, 6.45) is 8.19. The first kappa shape index (κ1) is 20.9. The second-order valence-corrected chi connectivity index (χ2v) is 10.4. The van der Waals surface area contributed by atoms with Crippen molar-refractivity contribution < 1.29 is 19.0 Å². The van der Waals surface area contributed by atoms with Gasteiger partial charge >= 0.3 is 6.09 Å². The normalized spacial score (nSPS) is 34.8. The highest BCUT2D eigenvalue weighted by Crippen LogP contribution is 2.42. The van der Waals surface area contributed by atoms with Crippen LogP contribution in [0.25, 0.3) is 0 Å². The van der Waals surface area contributed by atoms with E-state index < -0.39 is 11.3 Å². The van der Waals surface area contributed by atoms with E-state index in [9.17, 15) is 4.79 Å². The van der Waals surface area contributed by atoms with E-state index in [4.69, 9.17) is 14.2 Å². The Hall–Kier alpha value is -0.810. The molecule has 2 aliphatic heterocycles. The van der Waals surface area contributed by atoms with E-state index in [0.717, 1.165) is 19.4 Å². The van der Waals surface area contributed by atoms with Crippen molar-refractivity contribution in [1.29, 1.82) is 0 Å². The van der Waals surface area contributed by atoms with Gasteiger partial charge in [0, 0.05) is 6.61 Å². The number of rotatable bonds is 3. The molecule has 156 valence electrons. The molecular formula is C22H39NO4. The summed E-state index contributed by atoms with van der Waals surface area (Å²) in [5.74, 6) is 1.21. The summed E-state index contributed by atoms with van der Waals surface area (Å²) in [7, 11) is 0. The maximum Gasteiger partial charge on any atom is 0.412 e. The Morgan fingerprint density at radius 1 is 1.19 bits per heavy atom. The zero-order valence-corrected chi connectivity index (χ0v) is 18.1. The fourth-order valence-electron chi connectivity index (χ4n) is 5.06. The van der Waals surface area contributed by atoms with E-state index in [-0.39, 0.29) is 24.3 Å². The number of hydrogen-bond donors (Lipinski definition) is 0. The van der Waals surface area contributed by atoms with Gasteiger partial charge in [-0.3, -0.25) is 4.90 Å². The lowest BCUT2D eigenvalue weighted by Gasteiger charge is -2.37. The molecule has 0 aromatic carbocycles. The van der Waals surface area contributed by atoms with Crippen LogP contribution in [-0.4, -0.2) is 47.2 Å². The van der Waals surface area contributed by atoms with Gasteiger partial charge in [-0.2, -0.15) is 0 Å². The molecule has 1 unspecified atom stereocenters. The van der Waals surface area contributed by atoms with Crippen LogP contribution < -0.4 is 0 Å².